The van der Waals surface area contributed by atoms with Crippen LogP contribution in [0.3, 0.4) is 0 Å². The molecule has 1 aliphatic rings. The third kappa shape index (κ3) is 4.56. The highest BCUT2D eigenvalue weighted by molar-refractivity contribution is 7.10. The number of carbonyl (C=O) groups excluding carboxylic acids is 1. The number of aromatic nitrogens is 2. The van der Waals surface area contributed by atoms with Gasteiger partial charge in [-0.3, -0.25) is 10.00 Å². The molecule has 3 rings (SSSR count). The molecule has 24 heavy (non-hydrogen) atoms. The Hall–Kier alpha value is -1.90. The molecule has 7 nitrogen and oxygen atoms in total. The smallest absolute Gasteiger partial charge is 0.315 e. The number of nitrogens with one attached hydrogen (secondary N) is 3. The lowest BCUT2D eigenvalue weighted by molar-refractivity contribution is 0.112. The number of urea groups is 1. The number of hydrogen-bond donors (Lipinski definition) is 3. The predicted octanol–water partition coefficient (Wildman–Crippen LogP) is 1.26. The van der Waals surface area contributed by atoms with Crippen LogP contribution in [0.2, 0.25) is 0 Å². The summed E-state index contributed by atoms with van der Waals surface area (Å²) in [6.07, 6.45) is 1.68. The van der Waals surface area contributed by atoms with Crippen LogP contribution in [0.1, 0.15) is 16.6 Å². The van der Waals surface area contributed by atoms with Crippen molar-refractivity contribution in [1.29, 1.82) is 0 Å². The van der Waals surface area contributed by atoms with Crippen LogP contribution in [-0.2, 0) is 6.54 Å². The fourth-order valence-electron chi connectivity index (χ4n) is 2.83. The largest absolute Gasteiger partial charge is 0.336 e. The van der Waals surface area contributed by atoms with E-state index in [-0.39, 0.29) is 12.1 Å². The Kier molecular flexibility index (Phi) is 5.84. The topological polar surface area (TPSA) is 76.3 Å². The SMILES string of the molecule is CN1CCN(C(CNC(=O)NCc2ccn[nH]2)c2cccs2)CC1. The Morgan fingerprint density at radius 3 is 2.83 bits per heavy atom. The summed E-state index contributed by atoms with van der Waals surface area (Å²) in [4.78, 5) is 18.2. The van der Waals surface area contributed by atoms with E-state index in [1.165, 1.54) is 4.88 Å². The van der Waals surface area contributed by atoms with Crippen LogP contribution in [0.4, 0.5) is 4.79 Å². The molecule has 0 spiro atoms. The lowest BCUT2D eigenvalue weighted by Gasteiger charge is -2.37. The fourth-order valence-corrected chi connectivity index (χ4v) is 3.70. The Morgan fingerprint density at radius 1 is 1.33 bits per heavy atom. The molecule has 0 aromatic carbocycles. The first-order valence-corrected chi connectivity index (χ1v) is 9.06. The molecule has 0 aliphatic carbocycles. The zero-order valence-electron chi connectivity index (χ0n) is 13.9. The van der Waals surface area contributed by atoms with Crippen molar-refractivity contribution in [3.8, 4) is 0 Å². The first-order valence-electron chi connectivity index (χ1n) is 8.18. The quantitative estimate of drug-likeness (QED) is 0.735. The molecule has 0 radical (unpaired) electrons. The summed E-state index contributed by atoms with van der Waals surface area (Å²) < 4.78 is 0. The number of rotatable bonds is 6. The van der Waals surface area contributed by atoms with Gasteiger partial charge in [0.2, 0.25) is 0 Å². The minimum absolute atomic E-state index is 0.153. The van der Waals surface area contributed by atoms with Gasteiger partial charge in [-0.1, -0.05) is 6.07 Å². The second-order valence-corrected chi connectivity index (χ2v) is 7.00. The second kappa shape index (κ2) is 8.27. The highest BCUT2D eigenvalue weighted by atomic mass is 32.1. The van der Waals surface area contributed by atoms with Crippen molar-refractivity contribution in [1.82, 2.24) is 30.6 Å². The molecule has 2 aromatic rings. The standard InChI is InChI=1S/C16H24N6OS/c1-21-6-8-22(9-7-21)14(15-3-2-10-24-15)12-18-16(23)17-11-13-4-5-19-20-13/h2-5,10,14H,6-9,11-12H2,1H3,(H,19,20)(H2,17,18,23). The van der Waals surface area contributed by atoms with Crippen molar-refractivity contribution < 1.29 is 4.79 Å². The van der Waals surface area contributed by atoms with E-state index in [0.29, 0.717) is 13.1 Å². The number of H-pyrrole nitrogens is 1. The first kappa shape index (κ1) is 16.9. The normalized spacial score (nSPS) is 17.5. The van der Waals surface area contributed by atoms with Gasteiger partial charge in [0.15, 0.2) is 0 Å². The Labute approximate surface area is 146 Å². The molecule has 0 saturated carbocycles. The van der Waals surface area contributed by atoms with Crippen molar-refractivity contribution in [2.45, 2.75) is 12.6 Å². The van der Waals surface area contributed by atoms with Gasteiger partial charge in [0.1, 0.15) is 0 Å². The molecule has 3 N–H and O–H groups in total. The van der Waals surface area contributed by atoms with Gasteiger partial charge < -0.3 is 15.5 Å². The maximum atomic E-state index is 12.1. The van der Waals surface area contributed by atoms with Gasteiger partial charge in [-0.2, -0.15) is 5.10 Å². The van der Waals surface area contributed by atoms with Crippen LogP contribution >= 0.6 is 11.3 Å². The summed E-state index contributed by atoms with van der Waals surface area (Å²) in [5, 5.41) is 14.7. The zero-order valence-corrected chi connectivity index (χ0v) is 14.7. The first-order chi connectivity index (χ1) is 11.7. The molecule has 130 valence electrons. The third-order valence-electron chi connectivity index (χ3n) is 4.30. The predicted molar refractivity (Wildman–Crippen MR) is 95.0 cm³/mol. The molecule has 0 bridgehead atoms. The number of piperazine rings is 1. The van der Waals surface area contributed by atoms with E-state index >= 15 is 0 Å². The van der Waals surface area contributed by atoms with Gasteiger partial charge in [0, 0.05) is 43.8 Å². The monoisotopic (exact) mass is 348 g/mol. The molecule has 8 heteroatoms. The van der Waals surface area contributed by atoms with E-state index in [1.54, 1.807) is 17.5 Å². The second-order valence-electron chi connectivity index (χ2n) is 6.02. The van der Waals surface area contributed by atoms with E-state index in [9.17, 15) is 4.79 Å². The van der Waals surface area contributed by atoms with Crippen molar-refractivity contribution in [2.24, 2.45) is 0 Å². The summed E-state index contributed by atoms with van der Waals surface area (Å²) in [5.41, 5.74) is 0.888. The number of aromatic amines is 1. The van der Waals surface area contributed by atoms with Crippen molar-refractivity contribution in [2.75, 3.05) is 39.8 Å². The Balaban J connectivity index is 1.53. The number of thiophene rings is 1. The van der Waals surface area contributed by atoms with Crippen LogP contribution in [0.5, 0.6) is 0 Å². The van der Waals surface area contributed by atoms with Gasteiger partial charge >= 0.3 is 6.03 Å². The zero-order chi connectivity index (χ0) is 16.8. The molecular formula is C16H24N6OS. The van der Waals surface area contributed by atoms with E-state index in [1.807, 2.05) is 6.07 Å². The van der Waals surface area contributed by atoms with Crippen LogP contribution in [0.15, 0.2) is 29.8 Å². The number of hydrogen-bond acceptors (Lipinski definition) is 5. The minimum atomic E-state index is -0.153. The molecular weight excluding hydrogens is 324 g/mol. The number of likely N-dealkylation sites (N-methyl/N-ethyl adjacent to an activating group) is 1. The summed E-state index contributed by atoms with van der Waals surface area (Å²) in [6, 6.07) is 6.15. The number of amides is 2. The van der Waals surface area contributed by atoms with Crippen LogP contribution in [0.25, 0.3) is 0 Å². The van der Waals surface area contributed by atoms with Crippen molar-refractivity contribution in [3.63, 3.8) is 0 Å². The number of nitrogens with zero attached hydrogens (tertiary/aromatic N) is 3. The van der Waals surface area contributed by atoms with Gasteiger partial charge in [-0.15, -0.1) is 11.3 Å². The molecule has 1 saturated heterocycles. The summed E-state index contributed by atoms with van der Waals surface area (Å²) in [5.74, 6) is 0. The highest BCUT2D eigenvalue weighted by Crippen LogP contribution is 2.25. The van der Waals surface area contributed by atoms with E-state index in [4.69, 9.17) is 0 Å². The van der Waals surface area contributed by atoms with Crippen LogP contribution in [0, 0.1) is 0 Å². The lowest BCUT2D eigenvalue weighted by atomic mass is 10.1. The van der Waals surface area contributed by atoms with E-state index in [2.05, 4.69) is 55.2 Å². The Bertz CT molecular complexity index is 607. The maximum Gasteiger partial charge on any atom is 0.315 e. The molecule has 2 amide bonds. The summed E-state index contributed by atoms with van der Waals surface area (Å²) in [7, 11) is 2.15. The fraction of sp³-hybridized carbons (Fsp3) is 0.500. The van der Waals surface area contributed by atoms with Gasteiger partial charge in [-0.05, 0) is 24.6 Å². The van der Waals surface area contributed by atoms with Crippen molar-refractivity contribution in [3.05, 3.63) is 40.3 Å². The maximum absolute atomic E-state index is 12.1. The van der Waals surface area contributed by atoms with Gasteiger partial charge in [0.05, 0.1) is 18.3 Å². The summed E-state index contributed by atoms with van der Waals surface area (Å²) >= 11 is 1.75. The highest BCUT2D eigenvalue weighted by Gasteiger charge is 2.25. The molecule has 1 fully saturated rings. The molecule has 3 heterocycles. The molecule has 2 aromatic heterocycles. The molecule has 1 aliphatic heterocycles. The molecule has 1 atom stereocenters. The van der Waals surface area contributed by atoms with Crippen molar-refractivity contribution >= 4 is 17.4 Å². The Morgan fingerprint density at radius 2 is 2.17 bits per heavy atom. The van der Waals surface area contributed by atoms with Gasteiger partial charge in [0.25, 0.3) is 0 Å². The average molecular weight is 348 g/mol. The average Bonchev–Trinajstić information content (AvgIpc) is 3.28. The minimum Gasteiger partial charge on any atom is -0.336 e. The third-order valence-corrected chi connectivity index (χ3v) is 5.28. The summed E-state index contributed by atoms with van der Waals surface area (Å²) in [6.45, 7) is 5.23. The molecule has 1 unspecified atom stereocenters. The van der Waals surface area contributed by atoms with Gasteiger partial charge in [-0.25, -0.2) is 4.79 Å². The number of carbonyl (C=O) groups is 1. The van der Waals surface area contributed by atoms with Crippen LogP contribution in [-0.4, -0.2) is 65.8 Å². The van der Waals surface area contributed by atoms with E-state index in [0.717, 1.165) is 31.9 Å². The van der Waals surface area contributed by atoms with Crippen LogP contribution < -0.4 is 10.6 Å². The van der Waals surface area contributed by atoms with E-state index < -0.39 is 0 Å². The lowest BCUT2D eigenvalue weighted by Crippen LogP contribution is -2.49.